The molecule has 0 fully saturated rings. The van der Waals surface area contributed by atoms with E-state index in [0.717, 1.165) is 18.8 Å². The van der Waals surface area contributed by atoms with E-state index in [0.29, 0.717) is 11.6 Å². The van der Waals surface area contributed by atoms with E-state index < -0.39 is 4.92 Å². The van der Waals surface area contributed by atoms with Crippen LogP contribution in [0.2, 0.25) is 0 Å². The molecule has 7 nitrogen and oxygen atoms in total. The Labute approximate surface area is 118 Å². The second-order valence-corrected chi connectivity index (χ2v) is 5.09. The van der Waals surface area contributed by atoms with Gasteiger partial charge in [0.15, 0.2) is 0 Å². The number of imidazole rings is 1. The zero-order valence-corrected chi connectivity index (χ0v) is 12.6. The fourth-order valence-electron chi connectivity index (χ4n) is 3.06. The Morgan fingerprint density at radius 2 is 2.00 bits per heavy atom. The summed E-state index contributed by atoms with van der Waals surface area (Å²) in [6, 6.07) is 0.244. The van der Waals surface area contributed by atoms with Gasteiger partial charge in [-0.3, -0.25) is 9.47 Å². The number of nitro groups is 1. The number of hydrogen-bond donors (Lipinski definition) is 0. The van der Waals surface area contributed by atoms with Crippen molar-refractivity contribution >= 4 is 17.3 Å². The van der Waals surface area contributed by atoms with Gasteiger partial charge in [-0.2, -0.15) is 0 Å². The summed E-state index contributed by atoms with van der Waals surface area (Å²) >= 11 is 0. The van der Waals surface area contributed by atoms with E-state index in [4.69, 9.17) is 0 Å². The van der Waals surface area contributed by atoms with Gasteiger partial charge in [-0.15, -0.1) is 0 Å². The molecule has 0 spiro atoms. The first-order valence-corrected chi connectivity index (χ1v) is 6.94. The number of rotatable bonds is 5. The Kier molecular flexibility index (Phi) is 3.89. The molecule has 0 saturated heterocycles. The van der Waals surface area contributed by atoms with Crippen molar-refractivity contribution in [2.24, 2.45) is 4.99 Å². The Balaban J connectivity index is 2.47. The third-order valence-electron chi connectivity index (χ3n) is 4.05. The van der Waals surface area contributed by atoms with Gasteiger partial charge in [-0.05, 0) is 36.8 Å². The lowest BCUT2D eigenvalue weighted by molar-refractivity contribution is -0.388. The van der Waals surface area contributed by atoms with E-state index in [1.165, 1.54) is 0 Å². The van der Waals surface area contributed by atoms with E-state index in [1.807, 2.05) is 11.5 Å². The summed E-state index contributed by atoms with van der Waals surface area (Å²) in [5.74, 6) is 0.890. The van der Waals surface area contributed by atoms with Gasteiger partial charge in [0, 0.05) is 18.7 Å². The van der Waals surface area contributed by atoms with Gasteiger partial charge in [0.25, 0.3) is 0 Å². The van der Waals surface area contributed by atoms with Gasteiger partial charge >= 0.3 is 5.82 Å². The van der Waals surface area contributed by atoms with Crippen molar-refractivity contribution in [1.82, 2.24) is 14.5 Å². The van der Waals surface area contributed by atoms with Crippen LogP contribution in [0.15, 0.2) is 4.99 Å². The summed E-state index contributed by atoms with van der Waals surface area (Å²) in [6.07, 6.45) is 0. The van der Waals surface area contributed by atoms with Crippen LogP contribution in [0.1, 0.15) is 39.6 Å². The molecule has 2 atom stereocenters. The molecule has 2 rings (SSSR count). The van der Waals surface area contributed by atoms with Crippen LogP contribution >= 0.6 is 0 Å². The highest BCUT2D eigenvalue weighted by molar-refractivity contribution is 5.93. The van der Waals surface area contributed by atoms with E-state index in [2.05, 4.69) is 35.6 Å². The second-order valence-electron chi connectivity index (χ2n) is 5.09. The first kappa shape index (κ1) is 14.6. The molecule has 0 N–H and O–H groups in total. The molecule has 0 bridgehead atoms. The largest absolute Gasteiger partial charge is 0.409 e. The lowest BCUT2D eigenvalue weighted by Gasteiger charge is -2.32. The molecule has 0 amide bonds. The van der Waals surface area contributed by atoms with Crippen LogP contribution in [-0.2, 0) is 0 Å². The van der Waals surface area contributed by atoms with Crippen LogP contribution < -0.4 is 0 Å². The molecule has 1 aliphatic heterocycles. The number of nitrogens with zero attached hydrogens (tertiary/aromatic N) is 5. The Hall–Kier alpha value is -1.76. The van der Waals surface area contributed by atoms with Crippen molar-refractivity contribution in [1.29, 1.82) is 0 Å². The monoisotopic (exact) mass is 279 g/mol. The SMILES string of the molecule is CCN(CC)C(C)C1C(C)=Nc2c([N+](=O)[O-])nc(C)n21. The third kappa shape index (κ3) is 2.11. The van der Waals surface area contributed by atoms with Crippen LogP contribution in [-0.4, -0.2) is 44.2 Å². The molecule has 110 valence electrons. The van der Waals surface area contributed by atoms with Crippen molar-refractivity contribution in [3.63, 3.8) is 0 Å². The molecule has 0 saturated carbocycles. The lowest BCUT2D eigenvalue weighted by Crippen LogP contribution is -2.41. The zero-order valence-electron chi connectivity index (χ0n) is 12.6. The molecule has 2 unspecified atom stereocenters. The minimum atomic E-state index is -0.458. The average Bonchev–Trinajstić information content (AvgIpc) is 2.88. The number of aliphatic imine (C=N–C) groups is 1. The number of aryl methyl sites for hydroxylation is 1. The van der Waals surface area contributed by atoms with E-state index in [-0.39, 0.29) is 17.9 Å². The van der Waals surface area contributed by atoms with Crippen LogP contribution in [0.5, 0.6) is 0 Å². The smallest absolute Gasteiger partial charge is 0.358 e. The summed E-state index contributed by atoms with van der Waals surface area (Å²) < 4.78 is 1.90. The first-order valence-electron chi connectivity index (χ1n) is 6.94. The normalized spacial score (nSPS) is 19.1. The second kappa shape index (κ2) is 5.32. The maximum Gasteiger partial charge on any atom is 0.409 e. The molecule has 1 aromatic rings. The maximum atomic E-state index is 11.1. The average molecular weight is 279 g/mol. The molecular formula is C13H21N5O2. The van der Waals surface area contributed by atoms with Crippen molar-refractivity contribution in [2.75, 3.05) is 13.1 Å². The molecule has 7 heteroatoms. The zero-order chi connectivity index (χ0) is 15.0. The summed E-state index contributed by atoms with van der Waals surface area (Å²) in [7, 11) is 0. The van der Waals surface area contributed by atoms with Crippen molar-refractivity contribution in [3.05, 3.63) is 15.9 Å². The predicted octanol–water partition coefficient (Wildman–Crippen LogP) is 2.48. The highest BCUT2D eigenvalue weighted by Gasteiger charge is 2.39. The summed E-state index contributed by atoms with van der Waals surface area (Å²) in [4.78, 5) is 21.4. The summed E-state index contributed by atoms with van der Waals surface area (Å²) in [5.41, 5.74) is 0.910. The van der Waals surface area contributed by atoms with Gasteiger partial charge in [-0.1, -0.05) is 13.8 Å². The maximum absolute atomic E-state index is 11.1. The topological polar surface area (TPSA) is 76.6 Å². The molecule has 0 aromatic carbocycles. The van der Waals surface area contributed by atoms with E-state index in [9.17, 15) is 10.1 Å². The number of hydrogen-bond acceptors (Lipinski definition) is 5. The van der Waals surface area contributed by atoms with Gasteiger partial charge in [0.05, 0.1) is 6.04 Å². The molecule has 1 aromatic heterocycles. The molecule has 0 radical (unpaired) electrons. The van der Waals surface area contributed by atoms with Crippen LogP contribution in [0.4, 0.5) is 11.6 Å². The fraction of sp³-hybridized carbons (Fsp3) is 0.692. The third-order valence-corrected chi connectivity index (χ3v) is 4.05. The Morgan fingerprint density at radius 1 is 1.40 bits per heavy atom. The van der Waals surface area contributed by atoms with E-state index >= 15 is 0 Å². The molecule has 1 aliphatic rings. The van der Waals surface area contributed by atoms with Gasteiger partial charge < -0.3 is 10.1 Å². The standard InChI is InChI=1S/C13H21N5O2/c1-6-16(7-2)9(4)11-8(3)14-12-13(18(19)20)15-10(5)17(11)12/h9,11H,6-7H2,1-5H3. The molecular weight excluding hydrogens is 258 g/mol. The molecule has 0 aliphatic carbocycles. The van der Waals surface area contributed by atoms with Crippen molar-refractivity contribution in [3.8, 4) is 0 Å². The highest BCUT2D eigenvalue weighted by atomic mass is 16.6. The van der Waals surface area contributed by atoms with Gasteiger partial charge in [0.2, 0.25) is 11.6 Å². The number of aromatic nitrogens is 2. The van der Waals surface area contributed by atoms with E-state index in [1.54, 1.807) is 6.92 Å². The Bertz CT molecular complexity index is 559. The van der Waals surface area contributed by atoms with Crippen LogP contribution in [0.3, 0.4) is 0 Å². The number of fused-ring (bicyclic) bond motifs is 1. The van der Waals surface area contributed by atoms with Gasteiger partial charge in [-0.25, -0.2) is 4.99 Å². The van der Waals surface area contributed by atoms with Gasteiger partial charge in [0.1, 0.15) is 0 Å². The fourth-order valence-corrected chi connectivity index (χ4v) is 3.06. The minimum Gasteiger partial charge on any atom is -0.358 e. The summed E-state index contributed by atoms with van der Waals surface area (Å²) in [5, 5.41) is 11.1. The molecule has 2 heterocycles. The van der Waals surface area contributed by atoms with Crippen LogP contribution in [0.25, 0.3) is 0 Å². The lowest BCUT2D eigenvalue weighted by atomic mass is 10.0. The highest BCUT2D eigenvalue weighted by Crippen LogP contribution is 2.39. The quantitative estimate of drug-likeness (QED) is 0.613. The first-order chi connectivity index (χ1) is 9.42. The van der Waals surface area contributed by atoms with Crippen molar-refractivity contribution in [2.45, 2.75) is 46.7 Å². The summed E-state index contributed by atoms with van der Waals surface area (Å²) in [6.45, 7) is 12.0. The minimum absolute atomic E-state index is 0.0195. The van der Waals surface area contributed by atoms with Crippen molar-refractivity contribution < 1.29 is 4.92 Å². The predicted molar refractivity (Wildman–Crippen MR) is 77.8 cm³/mol. The Morgan fingerprint density at radius 3 is 2.50 bits per heavy atom. The molecule has 20 heavy (non-hydrogen) atoms. The van der Waals surface area contributed by atoms with Crippen LogP contribution in [0, 0.1) is 17.0 Å². The number of likely N-dealkylation sites (N-methyl/N-ethyl adjacent to an activating group) is 1.